The summed E-state index contributed by atoms with van der Waals surface area (Å²) in [5.74, 6) is 0.432. The molecule has 0 aromatic heterocycles. The normalized spacial score (nSPS) is 21.0. The van der Waals surface area contributed by atoms with E-state index in [9.17, 15) is 30.3 Å². The van der Waals surface area contributed by atoms with Gasteiger partial charge in [-0.1, -0.05) is 13.8 Å². The summed E-state index contributed by atoms with van der Waals surface area (Å²) in [6.45, 7) is 4.80. The lowest BCUT2D eigenvalue weighted by Gasteiger charge is -2.35. The number of nitro benzene ring substituents is 3. The fourth-order valence-corrected chi connectivity index (χ4v) is 3.14. The van der Waals surface area contributed by atoms with Crippen LogP contribution in [0.1, 0.15) is 20.3 Å². The number of nitro groups is 3. The highest BCUT2D eigenvalue weighted by atomic mass is 16.6. The van der Waals surface area contributed by atoms with Crippen LogP contribution in [0.5, 0.6) is 0 Å². The first-order valence-electron chi connectivity index (χ1n) is 7.06. The molecule has 1 saturated heterocycles. The number of piperidine rings is 1. The maximum absolute atomic E-state index is 11.3. The number of non-ortho nitro benzene ring substituents is 1. The van der Waals surface area contributed by atoms with E-state index in [1.165, 1.54) is 0 Å². The van der Waals surface area contributed by atoms with Gasteiger partial charge >= 0.3 is 11.4 Å². The summed E-state index contributed by atoms with van der Waals surface area (Å²) >= 11 is 0. The van der Waals surface area contributed by atoms with Crippen LogP contribution >= 0.6 is 0 Å². The Balaban J connectivity index is 2.66. The second-order valence-corrected chi connectivity index (χ2v) is 5.95. The number of hydrogen-bond donors (Lipinski definition) is 0. The molecule has 1 heterocycles. The molecule has 0 radical (unpaired) electrons. The third kappa shape index (κ3) is 3.35. The molecule has 10 nitrogen and oxygen atoms in total. The Kier molecular flexibility index (Phi) is 4.43. The van der Waals surface area contributed by atoms with Crippen molar-refractivity contribution in [1.29, 1.82) is 0 Å². The number of nitrogens with zero attached hydrogens (tertiary/aromatic N) is 4. The minimum atomic E-state index is -0.870. The van der Waals surface area contributed by atoms with E-state index in [0.717, 1.165) is 18.6 Å². The van der Waals surface area contributed by atoms with Gasteiger partial charge in [0.25, 0.3) is 5.69 Å². The molecular weight excluding hydrogens is 308 g/mol. The lowest BCUT2D eigenvalue weighted by Crippen LogP contribution is -2.39. The Hall–Kier alpha value is -2.78. The smallest absolute Gasteiger partial charge is 0.306 e. The van der Waals surface area contributed by atoms with Gasteiger partial charge in [0.05, 0.1) is 26.9 Å². The molecule has 0 aliphatic carbocycles. The van der Waals surface area contributed by atoms with E-state index in [0.29, 0.717) is 13.1 Å². The van der Waals surface area contributed by atoms with Crippen LogP contribution in [0.2, 0.25) is 0 Å². The van der Waals surface area contributed by atoms with Gasteiger partial charge in [-0.3, -0.25) is 30.3 Å². The molecule has 124 valence electrons. The van der Waals surface area contributed by atoms with Gasteiger partial charge in [-0.15, -0.1) is 0 Å². The number of anilines is 1. The van der Waals surface area contributed by atoms with Crippen molar-refractivity contribution in [2.45, 2.75) is 20.3 Å². The van der Waals surface area contributed by atoms with E-state index in [1.54, 1.807) is 4.90 Å². The maximum atomic E-state index is 11.3. The number of benzene rings is 1. The molecule has 1 aliphatic heterocycles. The van der Waals surface area contributed by atoms with Crippen molar-refractivity contribution in [2.75, 3.05) is 18.0 Å². The average molecular weight is 324 g/mol. The van der Waals surface area contributed by atoms with Crippen LogP contribution in [0, 0.1) is 42.2 Å². The molecule has 0 amide bonds. The van der Waals surface area contributed by atoms with Gasteiger partial charge < -0.3 is 4.90 Å². The maximum Gasteiger partial charge on any atom is 0.306 e. The molecule has 0 spiro atoms. The highest BCUT2D eigenvalue weighted by molar-refractivity contribution is 5.78. The van der Waals surface area contributed by atoms with E-state index < -0.39 is 31.8 Å². The zero-order chi connectivity index (χ0) is 17.3. The van der Waals surface area contributed by atoms with E-state index in [2.05, 4.69) is 0 Å². The molecule has 1 aromatic carbocycles. The molecule has 1 aliphatic rings. The van der Waals surface area contributed by atoms with Crippen LogP contribution in [0.3, 0.4) is 0 Å². The van der Waals surface area contributed by atoms with E-state index in [-0.39, 0.29) is 17.5 Å². The molecule has 0 saturated carbocycles. The summed E-state index contributed by atoms with van der Waals surface area (Å²) in [4.78, 5) is 32.6. The van der Waals surface area contributed by atoms with Gasteiger partial charge in [-0.2, -0.15) is 0 Å². The highest BCUT2D eigenvalue weighted by Crippen LogP contribution is 2.42. The Morgan fingerprint density at radius 3 is 1.70 bits per heavy atom. The predicted octanol–water partition coefficient (Wildman–Crippen LogP) is 2.89. The lowest BCUT2D eigenvalue weighted by atomic mass is 9.91. The van der Waals surface area contributed by atoms with Crippen LogP contribution < -0.4 is 4.90 Å². The lowest BCUT2D eigenvalue weighted by molar-refractivity contribution is -0.402. The first-order chi connectivity index (χ1) is 10.7. The molecule has 0 bridgehead atoms. The van der Waals surface area contributed by atoms with Crippen LogP contribution in [0.4, 0.5) is 22.7 Å². The van der Waals surface area contributed by atoms with Crippen LogP contribution in [-0.2, 0) is 0 Å². The van der Waals surface area contributed by atoms with Gasteiger partial charge in [0, 0.05) is 13.1 Å². The molecule has 23 heavy (non-hydrogen) atoms. The first-order valence-corrected chi connectivity index (χ1v) is 7.06. The summed E-state index contributed by atoms with van der Waals surface area (Å²) in [7, 11) is 0. The molecule has 2 unspecified atom stereocenters. The largest absolute Gasteiger partial charge is 0.360 e. The van der Waals surface area contributed by atoms with Crippen LogP contribution in [0.25, 0.3) is 0 Å². The third-order valence-electron chi connectivity index (χ3n) is 3.84. The molecule has 1 aromatic rings. The SMILES string of the molecule is CC1CC(C)CN(c2c([N+](=O)[O-])cc([N+](=O)[O-])cc2[N+](=O)[O-])C1. The van der Waals surface area contributed by atoms with Crippen molar-refractivity contribution in [3.63, 3.8) is 0 Å². The van der Waals surface area contributed by atoms with Gasteiger partial charge in [0.15, 0.2) is 5.69 Å². The Bertz CT molecular complexity index is 631. The molecular formula is C13H16N4O6. The summed E-state index contributed by atoms with van der Waals surface area (Å²) in [6, 6.07) is 1.57. The highest BCUT2D eigenvalue weighted by Gasteiger charge is 2.36. The van der Waals surface area contributed by atoms with Gasteiger partial charge in [0.2, 0.25) is 0 Å². The molecule has 2 atom stereocenters. The number of rotatable bonds is 4. The standard InChI is InChI=1S/C13H16N4O6/c1-8-3-9(2)7-14(6-8)13-11(16(20)21)4-10(15(18)19)5-12(13)17(22)23/h4-5,8-9H,3,6-7H2,1-2H3. The van der Waals surface area contributed by atoms with Crippen molar-refractivity contribution < 1.29 is 14.8 Å². The summed E-state index contributed by atoms with van der Waals surface area (Å²) in [5.41, 5.74) is -2.02. The topological polar surface area (TPSA) is 133 Å². The Labute approximate surface area is 131 Å². The first kappa shape index (κ1) is 16.6. The van der Waals surface area contributed by atoms with Gasteiger partial charge in [-0.25, -0.2) is 0 Å². The second-order valence-electron chi connectivity index (χ2n) is 5.95. The van der Waals surface area contributed by atoms with E-state index in [4.69, 9.17) is 0 Å². The predicted molar refractivity (Wildman–Crippen MR) is 81.6 cm³/mol. The Morgan fingerprint density at radius 2 is 1.35 bits per heavy atom. The van der Waals surface area contributed by atoms with Gasteiger partial charge in [0.1, 0.15) is 0 Å². The fraction of sp³-hybridized carbons (Fsp3) is 0.538. The van der Waals surface area contributed by atoms with E-state index in [1.807, 2.05) is 13.8 Å². The average Bonchev–Trinajstić information content (AvgIpc) is 2.44. The van der Waals surface area contributed by atoms with Crippen molar-refractivity contribution in [3.05, 3.63) is 42.5 Å². The van der Waals surface area contributed by atoms with Crippen LogP contribution in [-0.4, -0.2) is 27.9 Å². The Morgan fingerprint density at radius 1 is 0.913 bits per heavy atom. The molecule has 1 fully saturated rings. The summed E-state index contributed by atoms with van der Waals surface area (Å²) < 4.78 is 0. The van der Waals surface area contributed by atoms with Crippen molar-refractivity contribution >= 4 is 22.7 Å². The van der Waals surface area contributed by atoms with E-state index >= 15 is 0 Å². The van der Waals surface area contributed by atoms with Crippen molar-refractivity contribution in [1.82, 2.24) is 0 Å². The zero-order valence-corrected chi connectivity index (χ0v) is 12.7. The number of hydrogen-bond acceptors (Lipinski definition) is 7. The third-order valence-corrected chi connectivity index (χ3v) is 3.84. The summed E-state index contributed by atoms with van der Waals surface area (Å²) in [5, 5.41) is 33.5. The zero-order valence-electron chi connectivity index (χ0n) is 12.7. The van der Waals surface area contributed by atoms with Crippen molar-refractivity contribution in [3.8, 4) is 0 Å². The quantitative estimate of drug-likeness (QED) is 0.614. The fourth-order valence-electron chi connectivity index (χ4n) is 3.14. The second kappa shape index (κ2) is 6.15. The molecule has 2 rings (SSSR count). The molecule has 10 heteroatoms. The summed E-state index contributed by atoms with van der Waals surface area (Å²) in [6.07, 6.45) is 0.922. The van der Waals surface area contributed by atoms with Gasteiger partial charge in [-0.05, 0) is 18.3 Å². The monoisotopic (exact) mass is 324 g/mol. The van der Waals surface area contributed by atoms with Crippen molar-refractivity contribution in [2.24, 2.45) is 11.8 Å². The minimum Gasteiger partial charge on any atom is -0.360 e. The molecule has 0 N–H and O–H groups in total. The van der Waals surface area contributed by atoms with Crippen LogP contribution in [0.15, 0.2) is 12.1 Å². The minimum absolute atomic E-state index is 0.149.